The van der Waals surface area contributed by atoms with Crippen LogP contribution in [0, 0.1) is 0 Å². The summed E-state index contributed by atoms with van der Waals surface area (Å²) < 4.78 is 27.4. The fourth-order valence-electron chi connectivity index (χ4n) is 2.02. The number of thioether (sulfide) groups is 1. The molecule has 2 N–H and O–H groups in total. The van der Waals surface area contributed by atoms with Crippen LogP contribution in [-0.2, 0) is 16.6 Å². The van der Waals surface area contributed by atoms with E-state index in [2.05, 4.69) is 4.72 Å². The molecular weight excluding hydrogens is 330 g/mol. The Morgan fingerprint density at radius 1 is 1.33 bits per heavy atom. The second-order valence-corrected chi connectivity index (χ2v) is 8.26. The fourth-order valence-corrected chi connectivity index (χ4v) is 4.58. The first-order valence-electron chi connectivity index (χ1n) is 6.78. The third kappa shape index (κ3) is 4.60. The van der Waals surface area contributed by atoms with Gasteiger partial charge in [0.15, 0.2) is 0 Å². The van der Waals surface area contributed by atoms with E-state index in [1.165, 1.54) is 12.1 Å². The summed E-state index contributed by atoms with van der Waals surface area (Å²) in [5.74, 6) is 0. The van der Waals surface area contributed by atoms with E-state index in [1.54, 1.807) is 17.8 Å². The van der Waals surface area contributed by atoms with Crippen LogP contribution in [0.5, 0.6) is 0 Å². The maximum absolute atomic E-state index is 12.4. The van der Waals surface area contributed by atoms with Crippen molar-refractivity contribution in [2.75, 3.05) is 12.8 Å². The molecule has 1 aromatic carbocycles. The van der Waals surface area contributed by atoms with E-state index in [0.29, 0.717) is 12.1 Å². The van der Waals surface area contributed by atoms with Gasteiger partial charge < -0.3 is 5.11 Å². The topological polar surface area (TPSA) is 66.4 Å². The molecule has 120 valence electrons. The quantitative estimate of drug-likeness (QED) is 0.755. The Bertz CT molecular complexity index is 563. The van der Waals surface area contributed by atoms with Crippen LogP contribution < -0.4 is 4.72 Å². The molecule has 21 heavy (non-hydrogen) atoms. The summed E-state index contributed by atoms with van der Waals surface area (Å²) >= 11 is 7.65. The Morgan fingerprint density at radius 3 is 2.43 bits per heavy atom. The van der Waals surface area contributed by atoms with Crippen molar-refractivity contribution in [3.63, 3.8) is 0 Å². The third-order valence-electron chi connectivity index (χ3n) is 3.77. The molecule has 0 heterocycles. The Kier molecular flexibility index (Phi) is 7.00. The van der Waals surface area contributed by atoms with Crippen molar-refractivity contribution in [2.45, 2.75) is 42.9 Å². The molecule has 7 heteroatoms. The normalized spacial score (nSPS) is 12.6. The van der Waals surface area contributed by atoms with Crippen LogP contribution in [0.25, 0.3) is 0 Å². The highest BCUT2D eigenvalue weighted by Gasteiger charge is 2.28. The molecule has 4 nitrogen and oxygen atoms in total. The van der Waals surface area contributed by atoms with Crippen LogP contribution in [-0.4, -0.2) is 31.1 Å². The lowest BCUT2D eigenvalue weighted by Crippen LogP contribution is -2.39. The van der Waals surface area contributed by atoms with E-state index in [9.17, 15) is 8.42 Å². The zero-order valence-corrected chi connectivity index (χ0v) is 14.9. The lowest BCUT2D eigenvalue weighted by Gasteiger charge is -2.29. The van der Waals surface area contributed by atoms with E-state index >= 15 is 0 Å². The average molecular weight is 352 g/mol. The highest BCUT2D eigenvalue weighted by atomic mass is 35.5. The first-order chi connectivity index (χ1) is 9.84. The Morgan fingerprint density at radius 2 is 1.95 bits per heavy atom. The summed E-state index contributed by atoms with van der Waals surface area (Å²) in [6.07, 6.45) is 3.73. The Labute approximate surface area is 136 Å². The van der Waals surface area contributed by atoms with Gasteiger partial charge in [-0.3, -0.25) is 0 Å². The molecule has 0 fully saturated rings. The van der Waals surface area contributed by atoms with Crippen LogP contribution in [0.2, 0.25) is 5.02 Å². The number of rotatable bonds is 8. The molecule has 0 amide bonds. The zero-order chi connectivity index (χ0) is 16.1. The maximum Gasteiger partial charge on any atom is 0.242 e. The van der Waals surface area contributed by atoms with Gasteiger partial charge in [0.1, 0.15) is 4.90 Å². The number of halogens is 1. The van der Waals surface area contributed by atoms with Gasteiger partial charge in [0.25, 0.3) is 0 Å². The largest absolute Gasteiger partial charge is 0.392 e. The lowest BCUT2D eigenvalue weighted by atomic mass is 10.0. The number of sulfonamides is 1. The average Bonchev–Trinajstić information content (AvgIpc) is 2.49. The minimum Gasteiger partial charge on any atom is -0.392 e. The maximum atomic E-state index is 12.4. The van der Waals surface area contributed by atoms with Gasteiger partial charge in [-0.05, 0) is 36.8 Å². The minimum atomic E-state index is -3.69. The highest BCUT2D eigenvalue weighted by molar-refractivity contribution is 8.00. The van der Waals surface area contributed by atoms with Crippen LogP contribution in [0.1, 0.15) is 32.3 Å². The Balaban J connectivity index is 3.02. The van der Waals surface area contributed by atoms with Crippen molar-refractivity contribution < 1.29 is 13.5 Å². The Hall–Kier alpha value is -0.270. The molecule has 0 saturated carbocycles. The van der Waals surface area contributed by atoms with Crippen molar-refractivity contribution in [2.24, 2.45) is 0 Å². The lowest BCUT2D eigenvalue weighted by molar-refractivity contribution is 0.281. The summed E-state index contributed by atoms with van der Waals surface area (Å²) in [6.45, 7) is 4.23. The molecule has 1 rings (SSSR count). The van der Waals surface area contributed by atoms with Crippen LogP contribution >= 0.6 is 23.4 Å². The number of aliphatic hydroxyl groups is 1. The third-order valence-corrected chi connectivity index (χ3v) is 7.24. The van der Waals surface area contributed by atoms with Gasteiger partial charge in [-0.15, -0.1) is 0 Å². The summed E-state index contributed by atoms with van der Waals surface area (Å²) in [7, 11) is -3.69. The molecule has 0 saturated heterocycles. The molecule has 0 aromatic heterocycles. The number of hydrogen-bond donors (Lipinski definition) is 2. The molecule has 0 aliphatic rings. The van der Waals surface area contributed by atoms with E-state index in [1.807, 2.05) is 20.1 Å². The van der Waals surface area contributed by atoms with Crippen LogP contribution in [0.4, 0.5) is 0 Å². The van der Waals surface area contributed by atoms with Gasteiger partial charge in [0.2, 0.25) is 10.0 Å². The second kappa shape index (κ2) is 7.83. The van der Waals surface area contributed by atoms with Gasteiger partial charge in [-0.1, -0.05) is 31.5 Å². The molecule has 0 aliphatic heterocycles. The van der Waals surface area contributed by atoms with E-state index in [0.717, 1.165) is 12.8 Å². The molecule has 1 aromatic rings. The van der Waals surface area contributed by atoms with Crippen molar-refractivity contribution in [1.29, 1.82) is 0 Å². The predicted octanol–water partition coefficient (Wildman–Crippen LogP) is 3.03. The van der Waals surface area contributed by atoms with Crippen molar-refractivity contribution in [3.05, 3.63) is 28.8 Å². The van der Waals surface area contributed by atoms with Gasteiger partial charge >= 0.3 is 0 Å². The molecule has 0 unspecified atom stereocenters. The molecule has 0 spiro atoms. The summed E-state index contributed by atoms with van der Waals surface area (Å²) in [6, 6.07) is 4.50. The SMILES string of the molecule is CCC(CC)(CNS(=O)(=O)c1cc(CO)ccc1Cl)SC. The second-order valence-electron chi connectivity index (χ2n) is 4.84. The fraction of sp³-hybridized carbons (Fsp3) is 0.571. The number of aliphatic hydroxyl groups excluding tert-OH is 1. The summed E-state index contributed by atoms with van der Waals surface area (Å²) in [5, 5.41) is 9.29. The first-order valence-corrected chi connectivity index (χ1v) is 9.87. The number of benzene rings is 1. The first kappa shape index (κ1) is 18.8. The van der Waals surface area contributed by atoms with E-state index in [-0.39, 0.29) is 21.3 Å². The van der Waals surface area contributed by atoms with E-state index < -0.39 is 10.0 Å². The molecular formula is C14H22ClNO3S2. The zero-order valence-electron chi connectivity index (χ0n) is 12.5. The molecule has 0 bridgehead atoms. The van der Waals surface area contributed by atoms with Crippen molar-refractivity contribution >= 4 is 33.4 Å². The van der Waals surface area contributed by atoms with Gasteiger partial charge in [-0.25, -0.2) is 13.1 Å². The molecule has 0 radical (unpaired) electrons. The van der Waals surface area contributed by atoms with Crippen molar-refractivity contribution in [1.82, 2.24) is 4.72 Å². The molecule has 0 aliphatic carbocycles. The monoisotopic (exact) mass is 351 g/mol. The highest BCUT2D eigenvalue weighted by Crippen LogP contribution is 2.30. The van der Waals surface area contributed by atoms with E-state index in [4.69, 9.17) is 16.7 Å². The van der Waals surface area contributed by atoms with Gasteiger partial charge in [-0.2, -0.15) is 11.8 Å². The predicted molar refractivity (Wildman–Crippen MR) is 89.4 cm³/mol. The smallest absolute Gasteiger partial charge is 0.242 e. The van der Waals surface area contributed by atoms with Crippen LogP contribution in [0.15, 0.2) is 23.1 Å². The van der Waals surface area contributed by atoms with Gasteiger partial charge in [0.05, 0.1) is 11.6 Å². The van der Waals surface area contributed by atoms with Crippen molar-refractivity contribution in [3.8, 4) is 0 Å². The molecule has 0 atom stereocenters. The standard InChI is InChI=1S/C14H22ClNO3S2/c1-4-14(5-2,20-3)10-16-21(18,19)13-8-11(9-17)6-7-12(13)15/h6-8,16-17H,4-5,9-10H2,1-3H3. The minimum absolute atomic E-state index is 0.0120. The van der Waals surface area contributed by atoms with Gasteiger partial charge in [0, 0.05) is 11.3 Å². The summed E-state index contributed by atoms with van der Waals surface area (Å²) in [5.41, 5.74) is 0.516. The van der Waals surface area contributed by atoms with Crippen LogP contribution in [0.3, 0.4) is 0 Å². The number of hydrogen-bond acceptors (Lipinski definition) is 4. The summed E-state index contributed by atoms with van der Waals surface area (Å²) in [4.78, 5) is 0.0120. The number of nitrogens with one attached hydrogen (secondary N) is 1.